The highest BCUT2D eigenvalue weighted by Gasteiger charge is 2.22. The van der Waals surface area contributed by atoms with Crippen LogP contribution in [0, 0.1) is 24.6 Å². The van der Waals surface area contributed by atoms with Gasteiger partial charge in [-0.25, -0.2) is 4.39 Å². The third-order valence-electron chi connectivity index (χ3n) is 4.11. The first-order valence-corrected chi connectivity index (χ1v) is 7.33. The molecule has 1 heterocycles. The lowest BCUT2D eigenvalue weighted by molar-refractivity contribution is -0.117. The molecule has 1 aromatic rings. The first-order valence-electron chi connectivity index (χ1n) is 7.33. The Morgan fingerprint density at radius 1 is 1.52 bits per heavy atom. The molecule has 1 aromatic carbocycles. The van der Waals surface area contributed by atoms with Crippen LogP contribution < -0.4 is 10.6 Å². The molecule has 2 rings (SSSR count). The molecule has 1 amide bonds. The van der Waals surface area contributed by atoms with Crippen molar-refractivity contribution in [1.82, 2.24) is 5.32 Å². The Balaban J connectivity index is 0.00000220. The van der Waals surface area contributed by atoms with Gasteiger partial charge in [0, 0.05) is 12.1 Å². The van der Waals surface area contributed by atoms with E-state index in [-0.39, 0.29) is 24.1 Å². The smallest absolute Gasteiger partial charge is 0.224 e. The third-order valence-corrected chi connectivity index (χ3v) is 4.11. The van der Waals surface area contributed by atoms with Gasteiger partial charge in [0.2, 0.25) is 5.91 Å². The van der Waals surface area contributed by atoms with Crippen molar-refractivity contribution in [2.75, 3.05) is 18.4 Å². The Morgan fingerprint density at radius 3 is 2.90 bits per heavy atom. The second kappa shape index (κ2) is 8.35. The molecule has 0 radical (unpaired) electrons. The van der Waals surface area contributed by atoms with Crippen LogP contribution in [0.2, 0.25) is 0 Å². The molecule has 2 N–H and O–H groups in total. The van der Waals surface area contributed by atoms with Crippen molar-refractivity contribution in [3.05, 3.63) is 29.6 Å². The van der Waals surface area contributed by atoms with Gasteiger partial charge in [-0.15, -0.1) is 12.4 Å². The summed E-state index contributed by atoms with van der Waals surface area (Å²) in [5.41, 5.74) is 1.45. The molecule has 1 saturated heterocycles. The van der Waals surface area contributed by atoms with Crippen LogP contribution in [-0.4, -0.2) is 19.0 Å². The predicted octanol–water partition coefficient (Wildman–Crippen LogP) is 3.52. The van der Waals surface area contributed by atoms with Crippen molar-refractivity contribution in [1.29, 1.82) is 0 Å². The second-order valence-electron chi connectivity index (χ2n) is 5.80. The maximum absolute atomic E-state index is 13.0. The summed E-state index contributed by atoms with van der Waals surface area (Å²) in [6, 6.07) is 4.43. The minimum Gasteiger partial charge on any atom is -0.326 e. The highest BCUT2D eigenvalue weighted by molar-refractivity contribution is 5.91. The molecule has 1 fully saturated rings. The number of hydrogen-bond acceptors (Lipinski definition) is 2. The van der Waals surface area contributed by atoms with Crippen LogP contribution in [0.4, 0.5) is 10.1 Å². The van der Waals surface area contributed by atoms with Gasteiger partial charge in [-0.2, -0.15) is 0 Å². The topological polar surface area (TPSA) is 41.1 Å². The molecule has 118 valence electrons. The van der Waals surface area contributed by atoms with Gasteiger partial charge in [0.05, 0.1) is 0 Å². The number of amides is 1. The molecular weight excluding hydrogens is 291 g/mol. The monoisotopic (exact) mass is 314 g/mol. The zero-order valence-electron chi connectivity index (χ0n) is 12.6. The van der Waals surface area contributed by atoms with E-state index in [9.17, 15) is 9.18 Å². The van der Waals surface area contributed by atoms with Crippen LogP contribution in [0.25, 0.3) is 0 Å². The van der Waals surface area contributed by atoms with Crippen LogP contribution >= 0.6 is 12.4 Å². The molecule has 0 bridgehead atoms. The number of anilines is 1. The van der Waals surface area contributed by atoms with Gasteiger partial charge in [0.25, 0.3) is 0 Å². The van der Waals surface area contributed by atoms with Crippen molar-refractivity contribution in [2.24, 2.45) is 11.8 Å². The zero-order chi connectivity index (χ0) is 14.5. The highest BCUT2D eigenvalue weighted by atomic mass is 35.5. The number of carbonyl (C=O) groups is 1. The van der Waals surface area contributed by atoms with Gasteiger partial charge in [-0.3, -0.25) is 4.79 Å². The SMILES string of the molecule is Cc1cc(F)ccc1NC(=O)CC(C)C1CCCNC1.Cl. The summed E-state index contributed by atoms with van der Waals surface area (Å²) in [5.74, 6) is 0.673. The summed E-state index contributed by atoms with van der Waals surface area (Å²) in [6.45, 7) is 6.02. The quantitative estimate of drug-likeness (QED) is 0.893. The van der Waals surface area contributed by atoms with Crippen molar-refractivity contribution in [3.63, 3.8) is 0 Å². The number of rotatable bonds is 4. The lowest BCUT2D eigenvalue weighted by atomic mass is 9.85. The van der Waals surface area contributed by atoms with E-state index in [1.54, 1.807) is 13.0 Å². The van der Waals surface area contributed by atoms with Crippen LogP contribution in [0.5, 0.6) is 0 Å². The van der Waals surface area contributed by atoms with E-state index >= 15 is 0 Å². The number of benzene rings is 1. The first-order chi connectivity index (χ1) is 9.56. The van der Waals surface area contributed by atoms with Crippen molar-refractivity contribution in [3.8, 4) is 0 Å². The van der Waals surface area contributed by atoms with Crippen molar-refractivity contribution >= 4 is 24.0 Å². The molecule has 3 nitrogen and oxygen atoms in total. The summed E-state index contributed by atoms with van der Waals surface area (Å²) in [7, 11) is 0. The van der Waals surface area contributed by atoms with E-state index in [1.807, 2.05) is 0 Å². The number of hydrogen-bond donors (Lipinski definition) is 2. The molecule has 0 aromatic heterocycles. The molecule has 5 heteroatoms. The summed E-state index contributed by atoms with van der Waals surface area (Å²) in [6.07, 6.45) is 2.90. The summed E-state index contributed by atoms with van der Waals surface area (Å²) < 4.78 is 13.0. The average Bonchev–Trinajstić information content (AvgIpc) is 2.43. The molecule has 2 unspecified atom stereocenters. The lowest BCUT2D eigenvalue weighted by Crippen LogP contribution is -2.34. The predicted molar refractivity (Wildman–Crippen MR) is 86.4 cm³/mol. The zero-order valence-corrected chi connectivity index (χ0v) is 13.4. The fourth-order valence-electron chi connectivity index (χ4n) is 2.79. The normalized spacial score (nSPS) is 19.5. The summed E-state index contributed by atoms with van der Waals surface area (Å²) >= 11 is 0. The Labute approximate surface area is 132 Å². The molecule has 0 aliphatic carbocycles. The van der Waals surface area contributed by atoms with E-state index in [0.717, 1.165) is 18.7 Å². The molecule has 1 aliphatic heterocycles. The van der Waals surface area contributed by atoms with Gasteiger partial charge >= 0.3 is 0 Å². The number of aryl methyl sites for hydroxylation is 1. The van der Waals surface area contributed by atoms with Gasteiger partial charge in [-0.05, 0) is 68.5 Å². The van der Waals surface area contributed by atoms with Crippen molar-refractivity contribution in [2.45, 2.75) is 33.1 Å². The Morgan fingerprint density at radius 2 is 2.29 bits per heavy atom. The van der Waals surface area contributed by atoms with E-state index in [0.29, 0.717) is 23.9 Å². The Bertz CT molecular complexity index is 475. The van der Waals surface area contributed by atoms with Gasteiger partial charge in [0.1, 0.15) is 5.82 Å². The number of piperidine rings is 1. The second-order valence-corrected chi connectivity index (χ2v) is 5.80. The van der Waals surface area contributed by atoms with Crippen LogP contribution in [0.15, 0.2) is 18.2 Å². The molecule has 0 saturated carbocycles. The summed E-state index contributed by atoms with van der Waals surface area (Å²) in [5, 5.41) is 6.26. The minimum absolute atomic E-state index is 0. The fourth-order valence-corrected chi connectivity index (χ4v) is 2.79. The molecule has 0 spiro atoms. The third kappa shape index (κ3) is 5.29. The van der Waals surface area contributed by atoms with Crippen LogP contribution in [0.3, 0.4) is 0 Å². The molecule has 1 aliphatic rings. The van der Waals surface area contributed by atoms with Gasteiger partial charge in [-0.1, -0.05) is 6.92 Å². The Hall–Kier alpha value is -1.13. The van der Waals surface area contributed by atoms with Crippen molar-refractivity contribution < 1.29 is 9.18 Å². The molecule has 2 atom stereocenters. The van der Waals surface area contributed by atoms with Crippen LogP contribution in [-0.2, 0) is 4.79 Å². The van der Waals surface area contributed by atoms with E-state index in [4.69, 9.17) is 0 Å². The fraction of sp³-hybridized carbons (Fsp3) is 0.562. The standard InChI is InChI=1S/C16H23FN2O.ClH/c1-11(13-4-3-7-18-10-13)9-16(20)19-15-6-5-14(17)8-12(15)2;/h5-6,8,11,13,18H,3-4,7,9-10H2,1-2H3,(H,19,20);1H. The van der Waals surface area contributed by atoms with E-state index in [2.05, 4.69) is 17.6 Å². The lowest BCUT2D eigenvalue weighted by Gasteiger charge is -2.28. The first kappa shape index (κ1) is 17.9. The highest BCUT2D eigenvalue weighted by Crippen LogP contribution is 2.23. The average molecular weight is 315 g/mol. The summed E-state index contributed by atoms with van der Waals surface area (Å²) in [4.78, 5) is 12.1. The Kier molecular flexibility index (Phi) is 7.12. The number of halogens is 2. The van der Waals surface area contributed by atoms with Gasteiger partial charge < -0.3 is 10.6 Å². The van der Waals surface area contributed by atoms with Crippen LogP contribution in [0.1, 0.15) is 31.7 Å². The minimum atomic E-state index is -0.276. The maximum atomic E-state index is 13.0. The largest absolute Gasteiger partial charge is 0.326 e. The molecular formula is C16H24ClFN2O. The number of carbonyl (C=O) groups excluding carboxylic acids is 1. The number of nitrogens with one attached hydrogen (secondary N) is 2. The molecule has 21 heavy (non-hydrogen) atoms. The van der Waals surface area contributed by atoms with Gasteiger partial charge in [0.15, 0.2) is 0 Å². The maximum Gasteiger partial charge on any atom is 0.224 e. The van der Waals surface area contributed by atoms with E-state index in [1.165, 1.54) is 25.0 Å². The van der Waals surface area contributed by atoms with E-state index < -0.39 is 0 Å².